The van der Waals surface area contributed by atoms with Crippen LogP contribution in [0.1, 0.15) is 5.56 Å². The lowest BCUT2D eigenvalue weighted by atomic mass is 10.2. The number of ether oxygens (including phenoxy) is 1. The molecule has 34 heavy (non-hydrogen) atoms. The second kappa shape index (κ2) is 9.72. The molecule has 0 spiro atoms. The average molecular weight is 538 g/mol. The quantitative estimate of drug-likeness (QED) is 0.301. The number of anilines is 2. The first kappa shape index (κ1) is 24.2. The molecule has 13 heteroatoms. The third kappa shape index (κ3) is 5.56. The highest BCUT2D eigenvalue weighted by Gasteiger charge is 2.28. The largest absolute Gasteiger partial charge is 0.497 e. The van der Waals surface area contributed by atoms with Crippen LogP contribution in [0, 0.1) is 0 Å². The summed E-state index contributed by atoms with van der Waals surface area (Å²) in [7, 11) is -6.91. The van der Waals surface area contributed by atoms with Crippen LogP contribution < -0.4 is 13.8 Å². The van der Waals surface area contributed by atoms with Gasteiger partial charge in [-0.1, -0.05) is 18.2 Å². The van der Waals surface area contributed by atoms with Crippen molar-refractivity contribution in [2.24, 2.45) is 0 Å². The number of hydrogen-bond acceptors (Lipinski definition) is 8. The van der Waals surface area contributed by atoms with Crippen molar-refractivity contribution >= 4 is 53.8 Å². The monoisotopic (exact) mass is 537 g/mol. The molecule has 2 heterocycles. The highest BCUT2D eigenvalue weighted by atomic mass is 32.2. The van der Waals surface area contributed by atoms with Gasteiger partial charge >= 0.3 is 10.3 Å². The predicted octanol–water partition coefficient (Wildman–Crippen LogP) is 4.49. The molecule has 2 aromatic heterocycles. The van der Waals surface area contributed by atoms with E-state index in [0.29, 0.717) is 22.1 Å². The lowest BCUT2D eigenvalue weighted by molar-refractivity contribution is 0.414. The van der Waals surface area contributed by atoms with E-state index in [-0.39, 0.29) is 17.1 Å². The third-order valence-corrected chi connectivity index (χ3v) is 8.77. The SMILES string of the molecule is COc1ccc(S(=O)(=O)N(Cc2ccc(NS(=O)(=O)O)cc2)c2nc(-c3cccs3)cs2)cc1. The number of hydrogen-bond donors (Lipinski definition) is 2. The Morgan fingerprint density at radius 2 is 1.71 bits per heavy atom. The lowest BCUT2D eigenvalue weighted by Crippen LogP contribution is -2.30. The molecule has 0 amide bonds. The third-order valence-electron chi connectivity index (χ3n) is 4.65. The van der Waals surface area contributed by atoms with Crippen LogP contribution in [0.15, 0.2) is 76.3 Å². The molecule has 0 aliphatic rings. The summed E-state index contributed by atoms with van der Waals surface area (Å²) in [6, 6.07) is 15.9. The maximum atomic E-state index is 13.6. The van der Waals surface area contributed by atoms with Crippen LogP contribution in [0.3, 0.4) is 0 Å². The smallest absolute Gasteiger partial charge is 0.357 e. The van der Waals surface area contributed by atoms with Gasteiger partial charge in [-0.2, -0.15) is 8.42 Å². The van der Waals surface area contributed by atoms with Gasteiger partial charge in [0.1, 0.15) is 5.75 Å². The zero-order valence-corrected chi connectivity index (χ0v) is 20.9. The number of thiazole rings is 1. The number of sulfonamides is 1. The van der Waals surface area contributed by atoms with Crippen LogP contribution in [0.2, 0.25) is 0 Å². The molecule has 0 unspecified atom stereocenters. The molecular weight excluding hydrogens is 519 g/mol. The summed E-state index contributed by atoms with van der Waals surface area (Å²) in [5.41, 5.74) is 1.41. The zero-order valence-electron chi connectivity index (χ0n) is 17.7. The van der Waals surface area contributed by atoms with Crippen LogP contribution >= 0.6 is 22.7 Å². The molecule has 0 aliphatic carbocycles. The van der Waals surface area contributed by atoms with Crippen LogP contribution in [0.4, 0.5) is 10.8 Å². The Hall–Kier alpha value is -2.97. The fourth-order valence-electron chi connectivity index (χ4n) is 3.04. The molecule has 4 aromatic rings. The number of nitrogens with one attached hydrogen (secondary N) is 1. The van der Waals surface area contributed by atoms with Gasteiger partial charge in [-0.05, 0) is 53.4 Å². The van der Waals surface area contributed by atoms with E-state index in [1.807, 2.05) is 22.2 Å². The minimum Gasteiger partial charge on any atom is -0.497 e. The first-order valence-electron chi connectivity index (χ1n) is 9.66. The van der Waals surface area contributed by atoms with Crippen molar-refractivity contribution in [2.75, 3.05) is 16.1 Å². The van der Waals surface area contributed by atoms with E-state index >= 15 is 0 Å². The van der Waals surface area contributed by atoms with Crippen molar-refractivity contribution in [3.63, 3.8) is 0 Å². The van der Waals surface area contributed by atoms with Crippen molar-refractivity contribution in [3.05, 3.63) is 77.0 Å². The fourth-order valence-corrected chi connectivity index (χ4v) is 6.69. The molecule has 0 saturated carbocycles. The van der Waals surface area contributed by atoms with Gasteiger partial charge < -0.3 is 4.74 Å². The van der Waals surface area contributed by atoms with Crippen molar-refractivity contribution < 1.29 is 26.1 Å². The number of methoxy groups -OCH3 is 1. The molecule has 0 saturated heterocycles. The molecule has 9 nitrogen and oxygen atoms in total. The average Bonchev–Trinajstić information content (AvgIpc) is 3.49. The second-order valence-corrected chi connectivity index (χ2v) is 11.8. The summed E-state index contributed by atoms with van der Waals surface area (Å²) < 4.78 is 66.5. The van der Waals surface area contributed by atoms with Crippen LogP contribution in [-0.4, -0.2) is 33.5 Å². The van der Waals surface area contributed by atoms with Crippen LogP contribution in [0.5, 0.6) is 5.75 Å². The van der Waals surface area contributed by atoms with E-state index in [1.165, 1.54) is 58.4 Å². The molecule has 2 N–H and O–H groups in total. The molecule has 178 valence electrons. The summed E-state index contributed by atoms with van der Waals surface area (Å²) in [5, 5.41) is 4.01. The van der Waals surface area contributed by atoms with E-state index in [2.05, 4.69) is 4.98 Å². The standard InChI is InChI=1S/C21H19N3O6S4/c1-30-17-8-10-18(11-9-17)33(25,26)24(21-22-19(14-32-21)20-3-2-12-31-20)13-15-4-6-16(7-5-15)23-34(27,28)29/h2-12,14,23H,13H2,1H3,(H,27,28,29). The van der Waals surface area contributed by atoms with Gasteiger partial charge in [-0.15, -0.1) is 22.7 Å². The van der Waals surface area contributed by atoms with E-state index in [4.69, 9.17) is 9.29 Å². The maximum Gasteiger partial charge on any atom is 0.357 e. The van der Waals surface area contributed by atoms with Gasteiger partial charge in [0.15, 0.2) is 5.13 Å². The number of thiophene rings is 1. The van der Waals surface area contributed by atoms with Crippen molar-refractivity contribution in [3.8, 4) is 16.3 Å². The van der Waals surface area contributed by atoms with Gasteiger partial charge in [0.2, 0.25) is 0 Å². The molecule has 0 fully saturated rings. The minimum atomic E-state index is -4.41. The summed E-state index contributed by atoms with van der Waals surface area (Å²) >= 11 is 2.71. The number of rotatable bonds is 9. The van der Waals surface area contributed by atoms with Crippen molar-refractivity contribution in [1.82, 2.24) is 4.98 Å². The maximum absolute atomic E-state index is 13.6. The van der Waals surface area contributed by atoms with E-state index in [1.54, 1.807) is 29.6 Å². The van der Waals surface area contributed by atoms with Gasteiger partial charge in [-0.25, -0.2) is 17.7 Å². The van der Waals surface area contributed by atoms with Crippen molar-refractivity contribution in [1.29, 1.82) is 0 Å². The first-order valence-corrected chi connectivity index (χ1v) is 14.3. The Balaban J connectivity index is 1.70. The normalized spacial score (nSPS) is 11.8. The number of aromatic nitrogens is 1. The molecule has 0 bridgehead atoms. The Morgan fingerprint density at radius 1 is 1.00 bits per heavy atom. The summed E-state index contributed by atoms with van der Waals surface area (Å²) in [6.45, 7) is -0.0437. The van der Waals surface area contributed by atoms with Gasteiger partial charge in [0.25, 0.3) is 10.0 Å². The summed E-state index contributed by atoms with van der Waals surface area (Å²) in [5.74, 6) is 0.529. The molecule has 0 atom stereocenters. The van der Waals surface area contributed by atoms with Gasteiger partial charge in [-0.3, -0.25) is 9.27 Å². The van der Waals surface area contributed by atoms with Crippen LogP contribution in [0.25, 0.3) is 10.6 Å². The predicted molar refractivity (Wildman–Crippen MR) is 133 cm³/mol. The number of nitrogens with zero attached hydrogens (tertiary/aromatic N) is 2. The fraction of sp³-hybridized carbons (Fsp3) is 0.0952. The topological polar surface area (TPSA) is 126 Å². The molecule has 4 rings (SSSR count). The van der Waals surface area contributed by atoms with E-state index in [9.17, 15) is 16.8 Å². The zero-order chi connectivity index (χ0) is 24.3. The lowest BCUT2D eigenvalue weighted by Gasteiger charge is -2.22. The summed E-state index contributed by atoms with van der Waals surface area (Å²) in [4.78, 5) is 5.56. The summed E-state index contributed by atoms with van der Waals surface area (Å²) in [6.07, 6.45) is 0. The molecular formula is C21H19N3O6S4. The van der Waals surface area contributed by atoms with Crippen LogP contribution in [-0.2, 0) is 26.9 Å². The Bertz CT molecular complexity index is 1460. The second-order valence-electron chi connectivity index (χ2n) is 6.95. The highest BCUT2D eigenvalue weighted by molar-refractivity contribution is 7.93. The van der Waals surface area contributed by atoms with Gasteiger partial charge in [0, 0.05) is 5.38 Å². The minimum absolute atomic E-state index is 0.0437. The molecule has 2 aromatic carbocycles. The number of benzene rings is 2. The molecule has 0 aliphatic heterocycles. The van der Waals surface area contributed by atoms with E-state index < -0.39 is 20.3 Å². The molecule has 0 radical (unpaired) electrons. The Labute approximate surface area is 205 Å². The highest BCUT2D eigenvalue weighted by Crippen LogP contribution is 2.34. The Kier molecular flexibility index (Phi) is 6.91. The Morgan fingerprint density at radius 3 is 2.29 bits per heavy atom. The first-order chi connectivity index (χ1) is 16.2. The van der Waals surface area contributed by atoms with Crippen molar-refractivity contribution in [2.45, 2.75) is 11.4 Å². The van der Waals surface area contributed by atoms with Gasteiger partial charge in [0.05, 0.1) is 34.8 Å². The van der Waals surface area contributed by atoms with E-state index in [0.717, 1.165) is 4.88 Å².